The molecule has 0 spiro atoms. The molecule has 0 aliphatic heterocycles. The van der Waals surface area contributed by atoms with Gasteiger partial charge >= 0.3 is 80.9 Å². The number of halogens is 1. The monoisotopic (exact) mass is 286 g/mol. The van der Waals surface area contributed by atoms with Crippen LogP contribution in [0.15, 0.2) is 0 Å². The van der Waals surface area contributed by atoms with Crippen molar-refractivity contribution >= 4 is 21.2 Å². The Balaban J connectivity index is -0.0000000150. The summed E-state index contributed by atoms with van der Waals surface area (Å²) in [6.45, 7) is 0. The Morgan fingerprint density at radius 3 is 1.57 bits per heavy atom. The average Bonchev–Trinajstić information content (AvgIpc) is 0.811. The Morgan fingerprint density at radius 1 is 1.57 bits per heavy atom. The molecule has 0 aromatic carbocycles. The number of rotatable bonds is 0. The van der Waals surface area contributed by atoms with E-state index in [9.17, 15) is 0 Å². The van der Waals surface area contributed by atoms with Gasteiger partial charge in [-0.25, -0.2) is 0 Å². The third-order valence-electron chi connectivity index (χ3n) is 0. The van der Waals surface area contributed by atoms with Crippen LogP contribution in [-0.4, -0.2) is 9.11 Å². The van der Waals surface area contributed by atoms with E-state index in [4.69, 9.17) is 9.11 Å². The number of hydrogen-bond donors (Lipinski definition) is 1. The quantitative estimate of drug-likeness (QED) is 0.355. The van der Waals surface area contributed by atoms with E-state index in [1.807, 2.05) is 0 Å². The molecule has 0 aromatic heterocycles. The molecular formula is HIKNaO2S2. The van der Waals surface area contributed by atoms with E-state index >= 15 is 0 Å². The van der Waals surface area contributed by atoms with Crippen LogP contribution in [0.1, 0.15) is 0 Å². The van der Waals surface area contributed by atoms with E-state index in [-0.39, 0.29) is 105 Å². The van der Waals surface area contributed by atoms with Gasteiger partial charge in [0, 0.05) is 0 Å². The van der Waals surface area contributed by atoms with Crippen LogP contribution in [0.2, 0.25) is 0 Å². The van der Waals surface area contributed by atoms with Crippen molar-refractivity contribution < 1.29 is 114 Å². The fourth-order valence-corrected chi connectivity index (χ4v) is 0. The van der Waals surface area contributed by atoms with Crippen LogP contribution < -0.4 is 105 Å². The van der Waals surface area contributed by atoms with Crippen LogP contribution in [0.25, 0.3) is 0 Å². The summed E-state index contributed by atoms with van der Waals surface area (Å²) in [5, 5.41) is 0. The third-order valence-corrected chi connectivity index (χ3v) is 0. The molecule has 0 bridgehead atoms. The molecule has 0 radical (unpaired) electrons. The molecule has 7 heavy (non-hydrogen) atoms. The summed E-state index contributed by atoms with van der Waals surface area (Å²) >= 11 is 3.65. The SMILES string of the molecule is [I-].[K+].[Na+].[O-]S(O)=S. The van der Waals surface area contributed by atoms with Gasteiger partial charge in [-0.05, 0) is 11.2 Å². The van der Waals surface area contributed by atoms with E-state index in [0.29, 0.717) is 0 Å². The normalized spacial score (nSPS) is 8.86. The van der Waals surface area contributed by atoms with Gasteiger partial charge in [0.05, 0.1) is 0 Å². The van der Waals surface area contributed by atoms with Gasteiger partial charge in [0.2, 0.25) is 0 Å². The smallest absolute Gasteiger partial charge is 1.00 e. The van der Waals surface area contributed by atoms with E-state index in [1.165, 1.54) is 0 Å². The minimum absolute atomic E-state index is 0. The Labute approximate surface area is 132 Å². The van der Waals surface area contributed by atoms with Gasteiger partial charge in [-0.15, -0.1) is 0 Å². The fourth-order valence-electron chi connectivity index (χ4n) is 0. The Morgan fingerprint density at radius 2 is 1.57 bits per heavy atom. The molecule has 0 amide bonds. The molecule has 1 atom stereocenters. The van der Waals surface area contributed by atoms with Crippen LogP contribution in [-0.2, 0) is 21.2 Å². The Kier molecular flexibility index (Phi) is 52.7. The molecular weight excluding hydrogens is 285 g/mol. The summed E-state index contributed by atoms with van der Waals surface area (Å²) in [7, 11) is -2.03. The number of hydrogen-bond acceptors (Lipinski definition) is 2. The molecule has 7 heteroatoms. The minimum atomic E-state index is -2.03. The van der Waals surface area contributed by atoms with Crippen molar-refractivity contribution in [2.24, 2.45) is 0 Å². The summed E-state index contributed by atoms with van der Waals surface area (Å²) in [6.07, 6.45) is 0. The topological polar surface area (TPSA) is 43.3 Å². The van der Waals surface area contributed by atoms with Crippen molar-refractivity contribution in [3.63, 3.8) is 0 Å². The molecule has 0 aromatic rings. The van der Waals surface area contributed by atoms with Crippen LogP contribution in [0.5, 0.6) is 0 Å². The van der Waals surface area contributed by atoms with E-state index in [1.54, 1.807) is 0 Å². The van der Waals surface area contributed by atoms with Gasteiger partial charge in [-0.2, -0.15) is 0 Å². The molecule has 0 saturated carbocycles. The van der Waals surface area contributed by atoms with Gasteiger partial charge in [0.1, 0.15) is 0 Å². The molecule has 34 valence electrons. The Hall–Kier alpha value is 3.86. The van der Waals surface area contributed by atoms with E-state index in [2.05, 4.69) is 11.2 Å². The fraction of sp³-hybridized carbons (Fsp3) is 0. The first-order valence-corrected chi connectivity index (χ1v) is 2.55. The predicted molar refractivity (Wildman–Crippen MR) is 18.1 cm³/mol. The summed E-state index contributed by atoms with van der Waals surface area (Å²) in [4.78, 5) is 0. The maximum atomic E-state index is 8.93. The summed E-state index contributed by atoms with van der Waals surface area (Å²) in [5.74, 6) is 0. The first kappa shape index (κ1) is 22.4. The first-order valence-electron chi connectivity index (χ1n) is 0.516. The second kappa shape index (κ2) is 16.4. The van der Waals surface area contributed by atoms with Gasteiger partial charge < -0.3 is 33.1 Å². The van der Waals surface area contributed by atoms with Gasteiger partial charge in [0.25, 0.3) is 0 Å². The first-order chi connectivity index (χ1) is 1.73. The van der Waals surface area contributed by atoms with Crippen LogP contribution >= 0.6 is 0 Å². The molecule has 0 fully saturated rings. The van der Waals surface area contributed by atoms with E-state index in [0.717, 1.165) is 0 Å². The zero-order valence-electron chi connectivity index (χ0n) is 4.05. The van der Waals surface area contributed by atoms with Crippen molar-refractivity contribution in [1.29, 1.82) is 0 Å². The van der Waals surface area contributed by atoms with Crippen molar-refractivity contribution in [3.8, 4) is 0 Å². The molecule has 0 rings (SSSR count). The standard InChI is InChI=1S/HI.K.Na.H2O2S2/c;;;1-4(2)3/h1H;;;(H2,1,2,3)/q;2*+1;/p-2. The van der Waals surface area contributed by atoms with Gasteiger partial charge in [-0.1, -0.05) is 10.0 Å². The summed E-state index contributed by atoms with van der Waals surface area (Å²) < 4.78 is 16.3. The largest absolute Gasteiger partial charge is 1.00 e. The summed E-state index contributed by atoms with van der Waals surface area (Å²) in [6, 6.07) is 0. The van der Waals surface area contributed by atoms with Crippen molar-refractivity contribution in [2.75, 3.05) is 0 Å². The Bertz CT molecular complexity index is 38.7. The molecule has 1 unspecified atom stereocenters. The predicted octanol–water partition coefficient (Wildman–Crippen LogP) is -9.32. The average molecular weight is 286 g/mol. The minimum Gasteiger partial charge on any atom is -1.00 e. The maximum Gasteiger partial charge on any atom is 1.00 e. The van der Waals surface area contributed by atoms with Crippen molar-refractivity contribution in [3.05, 3.63) is 0 Å². The molecule has 0 aliphatic rings. The molecule has 0 heterocycles. The van der Waals surface area contributed by atoms with Gasteiger partial charge in [0.15, 0.2) is 0 Å². The van der Waals surface area contributed by atoms with Gasteiger partial charge in [-0.3, -0.25) is 0 Å². The maximum absolute atomic E-state index is 8.93. The third kappa shape index (κ3) is 40.9. The van der Waals surface area contributed by atoms with Crippen molar-refractivity contribution in [2.45, 2.75) is 0 Å². The van der Waals surface area contributed by atoms with Crippen molar-refractivity contribution in [1.82, 2.24) is 0 Å². The molecule has 0 aliphatic carbocycles. The second-order valence-corrected chi connectivity index (χ2v) is 1.51. The van der Waals surface area contributed by atoms with E-state index < -0.39 is 10.0 Å². The summed E-state index contributed by atoms with van der Waals surface area (Å²) in [5.41, 5.74) is 0. The van der Waals surface area contributed by atoms with Crippen LogP contribution in [0.3, 0.4) is 0 Å². The van der Waals surface area contributed by atoms with Crippen LogP contribution in [0.4, 0.5) is 0 Å². The molecule has 1 N–H and O–H groups in total. The molecule has 2 nitrogen and oxygen atoms in total. The zero-order valence-corrected chi connectivity index (χ0v) is 13.0. The zero-order chi connectivity index (χ0) is 3.58. The second-order valence-electron chi connectivity index (χ2n) is 0.217. The van der Waals surface area contributed by atoms with Crippen LogP contribution in [0, 0.1) is 0 Å². The molecule has 0 saturated heterocycles.